The maximum Gasteiger partial charge on any atom is 0.0558 e. The Balaban J connectivity index is 2.40. The number of rotatable bonds is 8. The summed E-state index contributed by atoms with van der Waals surface area (Å²) in [4.78, 5) is 4.40. The molecule has 1 N–H and O–H groups in total. The molecule has 3 nitrogen and oxygen atoms in total. The molecule has 0 spiro atoms. The van der Waals surface area contributed by atoms with Gasteiger partial charge in [-0.25, -0.2) is 0 Å². The second-order valence-corrected chi connectivity index (χ2v) is 4.07. The first-order valence-corrected chi connectivity index (χ1v) is 5.98. The first-order chi connectivity index (χ1) is 8.27. The van der Waals surface area contributed by atoms with Crippen molar-refractivity contribution in [1.82, 2.24) is 4.90 Å². The number of anilines is 1. The van der Waals surface area contributed by atoms with Crippen LogP contribution in [0.4, 0.5) is 5.69 Å². The van der Waals surface area contributed by atoms with Crippen molar-refractivity contribution >= 4 is 5.69 Å². The molecule has 0 amide bonds. The van der Waals surface area contributed by atoms with Gasteiger partial charge in [-0.1, -0.05) is 24.3 Å². The molecule has 0 aliphatic carbocycles. The summed E-state index contributed by atoms with van der Waals surface area (Å²) < 4.78 is 0. The van der Waals surface area contributed by atoms with Crippen molar-refractivity contribution in [2.45, 2.75) is 0 Å². The van der Waals surface area contributed by atoms with Gasteiger partial charge in [0.25, 0.3) is 0 Å². The zero-order valence-electron chi connectivity index (χ0n) is 10.5. The molecular formula is C14H22N2O. The van der Waals surface area contributed by atoms with Crippen molar-refractivity contribution in [2.24, 2.45) is 0 Å². The average Bonchev–Trinajstić information content (AvgIpc) is 2.37. The van der Waals surface area contributed by atoms with Crippen molar-refractivity contribution in [1.29, 1.82) is 0 Å². The monoisotopic (exact) mass is 234 g/mol. The molecule has 3 heteroatoms. The van der Waals surface area contributed by atoms with Crippen LogP contribution in [0, 0.1) is 0 Å². The minimum atomic E-state index is 0.197. The minimum Gasteiger partial charge on any atom is -0.395 e. The van der Waals surface area contributed by atoms with Crippen molar-refractivity contribution in [3.8, 4) is 0 Å². The molecule has 0 unspecified atom stereocenters. The van der Waals surface area contributed by atoms with E-state index >= 15 is 0 Å². The van der Waals surface area contributed by atoms with E-state index in [2.05, 4.69) is 35.6 Å². The van der Waals surface area contributed by atoms with Gasteiger partial charge in [0.2, 0.25) is 0 Å². The lowest BCUT2D eigenvalue weighted by atomic mass is 10.3. The summed E-state index contributed by atoms with van der Waals surface area (Å²) in [5, 5.41) is 8.96. The van der Waals surface area contributed by atoms with Crippen molar-refractivity contribution < 1.29 is 5.11 Å². The average molecular weight is 234 g/mol. The maximum atomic E-state index is 8.96. The molecule has 0 radical (unpaired) electrons. The SMILES string of the molecule is C=CCN(CCO)CCN(C)c1ccccc1. The summed E-state index contributed by atoms with van der Waals surface area (Å²) in [7, 11) is 2.08. The summed E-state index contributed by atoms with van der Waals surface area (Å²) >= 11 is 0. The van der Waals surface area contributed by atoms with Gasteiger partial charge in [0.15, 0.2) is 0 Å². The van der Waals surface area contributed by atoms with Crippen molar-refractivity contribution in [2.75, 3.05) is 44.7 Å². The number of aliphatic hydroxyl groups is 1. The third-order valence-electron chi connectivity index (χ3n) is 2.75. The molecule has 0 aromatic heterocycles. The molecule has 94 valence electrons. The fraction of sp³-hybridized carbons (Fsp3) is 0.429. The van der Waals surface area contributed by atoms with Gasteiger partial charge in [-0.15, -0.1) is 6.58 Å². The van der Waals surface area contributed by atoms with E-state index in [9.17, 15) is 0 Å². The predicted octanol–water partition coefficient (Wildman–Crippen LogP) is 1.60. The standard InChI is InChI=1S/C14H22N2O/c1-3-9-16(12-13-17)11-10-15(2)14-7-5-4-6-8-14/h3-8,17H,1,9-13H2,2H3. The second-order valence-electron chi connectivity index (χ2n) is 4.07. The van der Waals surface area contributed by atoms with Crippen LogP contribution in [0.2, 0.25) is 0 Å². The Morgan fingerprint density at radius 1 is 1.18 bits per heavy atom. The molecular weight excluding hydrogens is 212 g/mol. The van der Waals surface area contributed by atoms with E-state index in [1.54, 1.807) is 0 Å². The first kappa shape index (κ1) is 13.7. The summed E-state index contributed by atoms with van der Waals surface area (Å²) in [5.74, 6) is 0. The highest BCUT2D eigenvalue weighted by atomic mass is 16.3. The summed E-state index contributed by atoms with van der Waals surface area (Å²) in [6.45, 7) is 7.32. The van der Waals surface area contributed by atoms with E-state index < -0.39 is 0 Å². The lowest BCUT2D eigenvalue weighted by molar-refractivity contribution is 0.211. The molecule has 0 heterocycles. The van der Waals surface area contributed by atoms with E-state index in [-0.39, 0.29) is 6.61 Å². The Bertz CT molecular complexity index is 313. The summed E-state index contributed by atoms with van der Waals surface area (Å²) in [6.07, 6.45) is 1.87. The lowest BCUT2D eigenvalue weighted by Crippen LogP contribution is -2.35. The van der Waals surface area contributed by atoms with Crippen LogP contribution >= 0.6 is 0 Å². The Kier molecular flexibility index (Phi) is 6.37. The fourth-order valence-corrected chi connectivity index (χ4v) is 1.72. The molecule has 0 fully saturated rings. The largest absolute Gasteiger partial charge is 0.395 e. The highest BCUT2D eigenvalue weighted by molar-refractivity contribution is 5.44. The topological polar surface area (TPSA) is 26.7 Å². The van der Waals surface area contributed by atoms with Gasteiger partial charge in [-0.3, -0.25) is 4.90 Å². The fourth-order valence-electron chi connectivity index (χ4n) is 1.72. The molecule has 0 saturated carbocycles. The van der Waals surface area contributed by atoms with Crippen molar-refractivity contribution in [3.63, 3.8) is 0 Å². The Labute approximate surface area is 104 Å². The van der Waals surface area contributed by atoms with Crippen LogP contribution in [0.25, 0.3) is 0 Å². The highest BCUT2D eigenvalue weighted by Crippen LogP contribution is 2.10. The van der Waals surface area contributed by atoms with E-state index in [1.165, 1.54) is 5.69 Å². The molecule has 17 heavy (non-hydrogen) atoms. The second kappa shape index (κ2) is 7.87. The predicted molar refractivity (Wildman–Crippen MR) is 73.4 cm³/mol. The molecule has 0 aliphatic rings. The van der Waals surface area contributed by atoms with Gasteiger partial charge in [-0.2, -0.15) is 0 Å². The van der Waals surface area contributed by atoms with Crippen LogP contribution in [-0.4, -0.2) is 49.8 Å². The third-order valence-corrected chi connectivity index (χ3v) is 2.75. The zero-order chi connectivity index (χ0) is 12.5. The first-order valence-electron chi connectivity index (χ1n) is 5.98. The smallest absolute Gasteiger partial charge is 0.0558 e. The molecule has 0 aliphatic heterocycles. The van der Waals surface area contributed by atoms with Gasteiger partial charge in [0.1, 0.15) is 0 Å². The number of likely N-dealkylation sites (N-methyl/N-ethyl adjacent to an activating group) is 1. The maximum absolute atomic E-state index is 8.96. The van der Waals surface area contributed by atoms with Crippen LogP contribution in [0.3, 0.4) is 0 Å². The number of nitrogens with zero attached hydrogens (tertiary/aromatic N) is 2. The van der Waals surface area contributed by atoms with Crippen LogP contribution in [0.1, 0.15) is 0 Å². The van der Waals surface area contributed by atoms with E-state index in [0.29, 0.717) is 6.54 Å². The van der Waals surface area contributed by atoms with Crippen LogP contribution < -0.4 is 4.90 Å². The highest BCUT2D eigenvalue weighted by Gasteiger charge is 2.04. The molecule has 0 bridgehead atoms. The van der Waals surface area contributed by atoms with Gasteiger partial charge in [0, 0.05) is 38.9 Å². The van der Waals surface area contributed by atoms with Gasteiger partial charge in [-0.05, 0) is 12.1 Å². The van der Waals surface area contributed by atoms with Crippen LogP contribution in [-0.2, 0) is 0 Å². The Morgan fingerprint density at radius 2 is 1.88 bits per heavy atom. The van der Waals surface area contributed by atoms with Gasteiger partial charge >= 0.3 is 0 Å². The summed E-state index contributed by atoms with van der Waals surface area (Å²) in [5.41, 5.74) is 1.22. The minimum absolute atomic E-state index is 0.197. The summed E-state index contributed by atoms with van der Waals surface area (Å²) in [6, 6.07) is 10.3. The van der Waals surface area contributed by atoms with E-state index in [0.717, 1.165) is 19.6 Å². The molecule has 1 rings (SSSR count). The van der Waals surface area contributed by atoms with E-state index in [1.807, 2.05) is 24.3 Å². The lowest BCUT2D eigenvalue weighted by Gasteiger charge is -2.25. The Morgan fingerprint density at radius 3 is 2.47 bits per heavy atom. The normalized spacial score (nSPS) is 10.5. The van der Waals surface area contributed by atoms with Crippen LogP contribution in [0.5, 0.6) is 0 Å². The Hall–Kier alpha value is -1.32. The number of aliphatic hydroxyl groups excluding tert-OH is 1. The quantitative estimate of drug-likeness (QED) is 0.692. The van der Waals surface area contributed by atoms with Crippen molar-refractivity contribution in [3.05, 3.63) is 43.0 Å². The number of para-hydroxylation sites is 1. The third kappa shape index (κ3) is 5.02. The van der Waals surface area contributed by atoms with Crippen LogP contribution in [0.15, 0.2) is 43.0 Å². The zero-order valence-corrected chi connectivity index (χ0v) is 10.5. The molecule has 0 saturated heterocycles. The van der Waals surface area contributed by atoms with Gasteiger partial charge in [0.05, 0.1) is 6.61 Å². The molecule has 0 atom stereocenters. The number of benzene rings is 1. The molecule has 1 aromatic carbocycles. The molecule has 1 aromatic rings. The van der Waals surface area contributed by atoms with E-state index in [4.69, 9.17) is 5.11 Å². The van der Waals surface area contributed by atoms with Gasteiger partial charge < -0.3 is 10.0 Å². The number of hydrogen-bond acceptors (Lipinski definition) is 3. The number of hydrogen-bond donors (Lipinski definition) is 1.